The number of carbonyl (C=O) groups is 2. The Morgan fingerprint density at radius 3 is 2.58 bits per heavy atom. The highest BCUT2D eigenvalue weighted by molar-refractivity contribution is 5.95. The first-order chi connectivity index (χ1) is 12.6. The van der Waals surface area contributed by atoms with Gasteiger partial charge in [-0.1, -0.05) is 50.1 Å². The van der Waals surface area contributed by atoms with Gasteiger partial charge in [-0.05, 0) is 36.5 Å². The smallest absolute Gasteiger partial charge is 0.287 e. The van der Waals surface area contributed by atoms with Crippen LogP contribution in [0, 0.1) is 5.92 Å². The molecule has 5 heteroatoms. The molecule has 3 unspecified atom stereocenters. The van der Waals surface area contributed by atoms with Crippen LogP contribution in [0.25, 0.3) is 0 Å². The van der Waals surface area contributed by atoms with Crippen molar-refractivity contribution in [1.82, 2.24) is 10.6 Å². The molecule has 3 atom stereocenters. The molecule has 1 saturated carbocycles. The Morgan fingerprint density at radius 2 is 1.88 bits per heavy atom. The van der Waals surface area contributed by atoms with Crippen LogP contribution in [0.3, 0.4) is 0 Å². The Labute approximate surface area is 154 Å². The molecule has 1 aromatic heterocycles. The number of amides is 2. The Hall–Kier alpha value is -2.56. The average Bonchev–Trinajstić information content (AvgIpc) is 3.19. The average molecular weight is 354 g/mol. The van der Waals surface area contributed by atoms with Crippen LogP contribution >= 0.6 is 0 Å². The van der Waals surface area contributed by atoms with E-state index < -0.39 is 6.04 Å². The van der Waals surface area contributed by atoms with Crippen molar-refractivity contribution in [3.8, 4) is 0 Å². The molecule has 1 aliphatic rings. The van der Waals surface area contributed by atoms with Gasteiger partial charge in [-0.15, -0.1) is 0 Å². The van der Waals surface area contributed by atoms with Gasteiger partial charge in [-0.3, -0.25) is 9.59 Å². The molecule has 0 bridgehead atoms. The minimum atomic E-state index is -0.635. The molecule has 26 heavy (non-hydrogen) atoms. The zero-order chi connectivity index (χ0) is 18.4. The lowest BCUT2D eigenvalue weighted by Crippen LogP contribution is -2.52. The third-order valence-corrected chi connectivity index (χ3v) is 5.09. The van der Waals surface area contributed by atoms with Gasteiger partial charge in [0.15, 0.2) is 5.76 Å². The van der Waals surface area contributed by atoms with E-state index in [2.05, 4.69) is 17.6 Å². The van der Waals surface area contributed by atoms with Crippen molar-refractivity contribution in [3.63, 3.8) is 0 Å². The molecule has 1 aromatic carbocycles. The van der Waals surface area contributed by atoms with Crippen LogP contribution in [0.15, 0.2) is 53.1 Å². The molecule has 1 fully saturated rings. The van der Waals surface area contributed by atoms with Gasteiger partial charge in [0.25, 0.3) is 5.91 Å². The van der Waals surface area contributed by atoms with E-state index in [4.69, 9.17) is 4.42 Å². The first kappa shape index (κ1) is 18.2. The summed E-state index contributed by atoms with van der Waals surface area (Å²) in [5.41, 5.74) is 1.00. The minimum Gasteiger partial charge on any atom is -0.459 e. The van der Waals surface area contributed by atoms with Crippen molar-refractivity contribution in [2.24, 2.45) is 5.92 Å². The lowest BCUT2D eigenvalue weighted by Gasteiger charge is -2.31. The zero-order valence-electron chi connectivity index (χ0n) is 15.1. The van der Waals surface area contributed by atoms with E-state index in [9.17, 15) is 9.59 Å². The summed E-state index contributed by atoms with van der Waals surface area (Å²) in [7, 11) is 0. The van der Waals surface area contributed by atoms with Gasteiger partial charge in [-0.2, -0.15) is 0 Å². The second-order valence-electron chi connectivity index (χ2n) is 7.07. The number of rotatable bonds is 6. The lowest BCUT2D eigenvalue weighted by molar-refractivity contribution is -0.124. The van der Waals surface area contributed by atoms with Crippen LogP contribution in [-0.4, -0.2) is 23.9 Å². The predicted molar refractivity (Wildman–Crippen MR) is 99.7 cm³/mol. The van der Waals surface area contributed by atoms with Gasteiger partial charge >= 0.3 is 0 Å². The minimum absolute atomic E-state index is 0.132. The summed E-state index contributed by atoms with van der Waals surface area (Å²) in [5, 5.41) is 5.98. The Bertz CT molecular complexity index is 712. The normalized spacial score (nSPS) is 21.0. The van der Waals surface area contributed by atoms with Crippen molar-refractivity contribution >= 4 is 11.8 Å². The lowest BCUT2D eigenvalue weighted by atomic mass is 9.85. The number of carbonyl (C=O) groups excluding carboxylic acids is 2. The zero-order valence-corrected chi connectivity index (χ0v) is 15.1. The molecule has 0 spiro atoms. The van der Waals surface area contributed by atoms with Crippen LogP contribution in [0.4, 0.5) is 0 Å². The molecule has 1 heterocycles. The molecular formula is C21H26N2O3. The molecular weight excluding hydrogens is 328 g/mol. The van der Waals surface area contributed by atoms with Crippen molar-refractivity contribution in [2.45, 2.75) is 51.1 Å². The fourth-order valence-electron chi connectivity index (χ4n) is 3.51. The second-order valence-corrected chi connectivity index (χ2v) is 7.07. The highest BCUT2D eigenvalue weighted by Gasteiger charge is 2.28. The maximum atomic E-state index is 12.9. The van der Waals surface area contributed by atoms with E-state index in [0.717, 1.165) is 24.8 Å². The number of benzene rings is 1. The van der Waals surface area contributed by atoms with Crippen LogP contribution in [0.2, 0.25) is 0 Å². The third-order valence-electron chi connectivity index (χ3n) is 5.09. The van der Waals surface area contributed by atoms with Crippen LogP contribution < -0.4 is 10.6 Å². The summed E-state index contributed by atoms with van der Waals surface area (Å²) in [6.07, 6.45) is 6.38. The van der Waals surface area contributed by atoms with Gasteiger partial charge in [0.2, 0.25) is 5.91 Å². The molecule has 3 rings (SSSR count). The summed E-state index contributed by atoms with van der Waals surface area (Å²) >= 11 is 0. The van der Waals surface area contributed by atoms with E-state index in [1.807, 2.05) is 30.3 Å². The SMILES string of the molecule is CC1CCCCC1NC(=O)C(Cc1ccccc1)NC(=O)c1ccco1. The first-order valence-electron chi connectivity index (χ1n) is 9.32. The summed E-state index contributed by atoms with van der Waals surface area (Å²) in [6.45, 7) is 2.18. The maximum absolute atomic E-state index is 12.9. The van der Waals surface area contributed by atoms with Crippen molar-refractivity contribution in [2.75, 3.05) is 0 Å². The quantitative estimate of drug-likeness (QED) is 0.836. The Morgan fingerprint density at radius 1 is 1.12 bits per heavy atom. The molecule has 0 saturated heterocycles. The summed E-state index contributed by atoms with van der Waals surface area (Å²) < 4.78 is 5.15. The van der Waals surface area contributed by atoms with Gasteiger partial charge < -0.3 is 15.1 Å². The second kappa shape index (κ2) is 8.70. The molecule has 5 nitrogen and oxygen atoms in total. The van der Waals surface area contributed by atoms with Crippen molar-refractivity contribution < 1.29 is 14.0 Å². The van der Waals surface area contributed by atoms with E-state index in [-0.39, 0.29) is 23.6 Å². The summed E-state index contributed by atoms with van der Waals surface area (Å²) in [5.74, 6) is 0.169. The number of nitrogens with one attached hydrogen (secondary N) is 2. The summed E-state index contributed by atoms with van der Waals surface area (Å²) in [4.78, 5) is 25.3. The van der Waals surface area contributed by atoms with Crippen LogP contribution in [-0.2, 0) is 11.2 Å². The van der Waals surface area contributed by atoms with Crippen LogP contribution in [0.5, 0.6) is 0 Å². The van der Waals surface area contributed by atoms with Crippen molar-refractivity contribution in [1.29, 1.82) is 0 Å². The number of hydrogen-bond donors (Lipinski definition) is 2. The molecule has 2 N–H and O–H groups in total. The number of hydrogen-bond acceptors (Lipinski definition) is 3. The Kier molecular flexibility index (Phi) is 6.10. The van der Waals surface area contributed by atoms with Crippen molar-refractivity contribution in [3.05, 3.63) is 60.1 Å². The molecule has 2 aromatic rings. The number of furan rings is 1. The van der Waals surface area contributed by atoms with E-state index >= 15 is 0 Å². The van der Waals surface area contributed by atoms with Gasteiger partial charge in [0.1, 0.15) is 6.04 Å². The molecule has 138 valence electrons. The van der Waals surface area contributed by atoms with Crippen LogP contribution in [0.1, 0.15) is 48.7 Å². The molecule has 2 amide bonds. The topological polar surface area (TPSA) is 71.3 Å². The highest BCUT2D eigenvalue weighted by Crippen LogP contribution is 2.23. The third kappa shape index (κ3) is 4.75. The van der Waals surface area contributed by atoms with E-state index in [0.29, 0.717) is 12.3 Å². The fourth-order valence-corrected chi connectivity index (χ4v) is 3.51. The van der Waals surface area contributed by atoms with Gasteiger partial charge in [0.05, 0.1) is 6.26 Å². The monoisotopic (exact) mass is 354 g/mol. The Balaban J connectivity index is 1.70. The fraction of sp³-hybridized carbons (Fsp3) is 0.429. The highest BCUT2D eigenvalue weighted by atomic mass is 16.3. The summed E-state index contributed by atoms with van der Waals surface area (Å²) in [6, 6.07) is 12.5. The first-order valence-corrected chi connectivity index (χ1v) is 9.32. The van der Waals surface area contributed by atoms with Gasteiger partial charge in [-0.25, -0.2) is 0 Å². The van der Waals surface area contributed by atoms with E-state index in [1.165, 1.54) is 12.7 Å². The van der Waals surface area contributed by atoms with E-state index in [1.54, 1.807) is 12.1 Å². The van der Waals surface area contributed by atoms with Gasteiger partial charge in [0, 0.05) is 12.5 Å². The molecule has 0 aliphatic heterocycles. The standard InChI is InChI=1S/C21H26N2O3/c1-15-8-5-6-11-17(15)22-20(24)18(14-16-9-3-2-4-10-16)23-21(25)19-12-7-13-26-19/h2-4,7,9-10,12-13,15,17-18H,5-6,8,11,14H2,1H3,(H,22,24)(H,23,25). The maximum Gasteiger partial charge on any atom is 0.287 e. The predicted octanol–water partition coefficient (Wildman–Crippen LogP) is 3.32. The molecule has 0 radical (unpaired) electrons. The molecule has 1 aliphatic carbocycles. The largest absolute Gasteiger partial charge is 0.459 e.